The highest BCUT2D eigenvalue weighted by molar-refractivity contribution is 5.49. The largest absolute Gasteiger partial charge is 0.416 e. The molecule has 1 rings (SSSR count). The lowest BCUT2D eigenvalue weighted by Gasteiger charge is -2.20. The van der Waals surface area contributed by atoms with Gasteiger partial charge in [0.05, 0.1) is 5.56 Å². The van der Waals surface area contributed by atoms with E-state index >= 15 is 0 Å². The first-order valence-corrected chi connectivity index (χ1v) is 5.05. The van der Waals surface area contributed by atoms with Gasteiger partial charge in [0.1, 0.15) is 0 Å². The Balaban J connectivity index is 3.10. The van der Waals surface area contributed by atoms with Gasteiger partial charge in [-0.1, -0.05) is 20.8 Å². The number of nitrogen functional groups attached to an aromatic ring is 1. The summed E-state index contributed by atoms with van der Waals surface area (Å²) in [5.74, 6) is 0. The molecular weight excluding hydrogens is 215 g/mol. The molecule has 2 N–H and O–H groups in total. The van der Waals surface area contributed by atoms with E-state index in [1.54, 1.807) is 0 Å². The van der Waals surface area contributed by atoms with Gasteiger partial charge in [-0.2, -0.15) is 13.2 Å². The van der Waals surface area contributed by atoms with Crippen molar-refractivity contribution in [2.75, 3.05) is 5.73 Å². The number of rotatable bonds is 1. The highest BCUT2D eigenvalue weighted by Crippen LogP contribution is 2.33. The minimum atomic E-state index is -4.31. The number of halogens is 3. The van der Waals surface area contributed by atoms with Crippen LogP contribution in [0.15, 0.2) is 18.2 Å². The van der Waals surface area contributed by atoms with Gasteiger partial charge in [-0.15, -0.1) is 0 Å². The molecule has 0 heterocycles. The predicted octanol–water partition coefficient (Wildman–Crippen LogP) is 3.88. The number of anilines is 1. The summed E-state index contributed by atoms with van der Waals surface area (Å²) in [4.78, 5) is 0. The smallest absolute Gasteiger partial charge is 0.399 e. The van der Waals surface area contributed by atoms with E-state index in [0.29, 0.717) is 17.7 Å². The Morgan fingerprint density at radius 2 is 1.69 bits per heavy atom. The van der Waals surface area contributed by atoms with E-state index in [2.05, 4.69) is 0 Å². The average Bonchev–Trinajstić information content (AvgIpc) is 2.04. The Morgan fingerprint density at radius 3 is 2.12 bits per heavy atom. The lowest BCUT2D eigenvalue weighted by molar-refractivity contribution is -0.137. The molecule has 0 atom stereocenters. The molecule has 4 heteroatoms. The number of hydrogen-bond acceptors (Lipinski definition) is 1. The minimum absolute atomic E-state index is 0.0850. The van der Waals surface area contributed by atoms with E-state index in [1.807, 2.05) is 20.8 Å². The molecule has 0 aliphatic heterocycles. The quantitative estimate of drug-likeness (QED) is 0.729. The molecule has 0 unspecified atom stereocenters. The van der Waals surface area contributed by atoms with Crippen molar-refractivity contribution < 1.29 is 13.2 Å². The monoisotopic (exact) mass is 231 g/mol. The van der Waals surface area contributed by atoms with Crippen molar-refractivity contribution in [1.29, 1.82) is 0 Å². The maximum Gasteiger partial charge on any atom is 0.416 e. The maximum absolute atomic E-state index is 12.5. The van der Waals surface area contributed by atoms with Crippen molar-refractivity contribution >= 4 is 5.69 Å². The second-order valence-electron chi connectivity index (χ2n) is 5.15. The zero-order valence-electron chi connectivity index (χ0n) is 9.65. The van der Waals surface area contributed by atoms with E-state index in [9.17, 15) is 13.2 Å². The van der Waals surface area contributed by atoms with Crippen molar-refractivity contribution in [1.82, 2.24) is 0 Å². The zero-order chi connectivity index (χ0) is 12.6. The minimum Gasteiger partial charge on any atom is -0.399 e. The molecule has 0 spiro atoms. The summed E-state index contributed by atoms with van der Waals surface area (Å²) in [6.45, 7) is 5.89. The van der Waals surface area contributed by atoms with Crippen LogP contribution in [0.5, 0.6) is 0 Å². The molecule has 0 bridgehead atoms. The van der Waals surface area contributed by atoms with Crippen LogP contribution in [-0.2, 0) is 12.6 Å². The Morgan fingerprint density at radius 1 is 1.12 bits per heavy atom. The summed E-state index contributed by atoms with van der Waals surface area (Å²) in [5, 5.41) is 0. The van der Waals surface area contributed by atoms with Crippen LogP contribution in [-0.4, -0.2) is 0 Å². The fourth-order valence-electron chi connectivity index (χ4n) is 1.51. The second-order valence-corrected chi connectivity index (χ2v) is 5.15. The second kappa shape index (κ2) is 4.00. The highest BCUT2D eigenvalue weighted by Gasteiger charge is 2.31. The molecule has 1 nitrogen and oxygen atoms in total. The third kappa shape index (κ3) is 3.43. The molecule has 0 aliphatic carbocycles. The Hall–Kier alpha value is -1.19. The topological polar surface area (TPSA) is 26.0 Å². The Labute approximate surface area is 93.5 Å². The van der Waals surface area contributed by atoms with Gasteiger partial charge in [-0.05, 0) is 35.6 Å². The first-order valence-electron chi connectivity index (χ1n) is 5.05. The summed E-state index contributed by atoms with van der Waals surface area (Å²) in [7, 11) is 0. The van der Waals surface area contributed by atoms with Crippen LogP contribution in [0.1, 0.15) is 31.9 Å². The molecule has 0 radical (unpaired) electrons. The van der Waals surface area contributed by atoms with Gasteiger partial charge in [0, 0.05) is 5.69 Å². The van der Waals surface area contributed by atoms with Crippen LogP contribution in [0.2, 0.25) is 0 Å². The molecule has 0 saturated carbocycles. The van der Waals surface area contributed by atoms with Gasteiger partial charge in [0.25, 0.3) is 0 Å². The van der Waals surface area contributed by atoms with Gasteiger partial charge >= 0.3 is 6.18 Å². The summed E-state index contributed by atoms with van der Waals surface area (Å²) >= 11 is 0. The Bertz CT molecular complexity index is 375. The van der Waals surface area contributed by atoms with Gasteiger partial charge < -0.3 is 5.73 Å². The van der Waals surface area contributed by atoms with Crippen molar-refractivity contribution in [2.24, 2.45) is 5.41 Å². The van der Waals surface area contributed by atoms with Crippen LogP contribution < -0.4 is 5.73 Å². The normalized spacial score (nSPS) is 12.9. The fourth-order valence-corrected chi connectivity index (χ4v) is 1.51. The third-order valence-corrected chi connectivity index (χ3v) is 2.19. The highest BCUT2D eigenvalue weighted by atomic mass is 19.4. The first kappa shape index (κ1) is 12.9. The van der Waals surface area contributed by atoms with E-state index in [-0.39, 0.29) is 5.41 Å². The van der Waals surface area contributed by atoms with E-state index < -0.39 is 11.7 Å². The summed E-state index contributed by atoms with van der Waals surface area (Å²) < 4.78 is 37.5. The van der Waals surface area contributed by atoms with Crippen molar-refractivity contribution in [3.05, 3.63) is 29.3 Å². The van der Waals surface area contributed by atoms with Gasteiger partial charge in [0.2, 0.25) is 0 Å². The SMILES string of the molecule is CC(C)(C)Cc1cc(C(F)(F)F)ccc1N. The molecule has 0 fully saturated rings. The van der Waals surface area contributed by atoms with Crippen LogP contribution >= 0.6 is 0 Å². The number of hydrogen-bond donors (Lipinski definition) is 1. The van der Waals surface area contributed by atoms with Crippen molar-refractivity contribution in [3.63, 3.8) is 0 Å². The lowest BCUT2D eigenvalue weighted by atomic mass is 9.87. The summed E-state index contributed by atoms with van der Waals surface area (Å²) in [6.07, 6.45) is -3.77. The molecule has 0 saturated heterocycles. The fraction of sp³-hybridized carbons (Fsp3) is 0.500. The van der Waals surface area contributed by atoms with Crippen LogP contribution in [0.4, 0.5) is 18.9 Å². The molecule has 1 aromatic carbocycles. The summed E-state index contributed by atoms with van der Waals surface area (Å²) in [5.41, 5.74) is 5.93. The third-order valence-electron chi connectivity index (χ3n) is 2.19. The molecule has 0 amide bonds. The average molecular weight is 231 g/mol. The van der Waals surface area contributed by atoms with Crippen molar-refractivity contribution in [3.8, 4) is 0 Å². The van der Waals surface area contributed by atoms with Crippen LogP contribution in [0, 0.1) is 5.41 Å². The molecule has 16 heavy (non-hydrogen) atoms. The lowest BCUT2D eigenvalue weighted by Crippen LogP contribution is -2.13. The molecular formula is C12H16F3N. The van der Waals surface area contributed by atoms with Crippen molar-refractivity contribution in [2.45, 2.75) is 33.4 Å². The van der Waals surface area contributed by atoms with E-state index in [4.69, 9.17) is 5.73 Å². The summed E-state index contributed by atoms with van der Waals surface area (Å²) in [6, 6.07) is 3.48. The number of alkyl halides is 3. The molecule has 1 aromatic rings. The van der Waals surface area contributed by atoms with Crippen LogP contribution in [0.25, 0.3) is 0 Å². The van der Waals surface area contributed by atoms with Crippen LogP contribution in [0.3, 0.4) is 0 Å². The zero-order valence-corrected chi connectivity index (χ0v) is 9.65. The first-order chi connectivity index (χ1) is 7.09. The number of nitrogens with two attached hydrogens (primary N) is 1. The standard InChI is InChI=1S/C12H16F3N/c1-11(2,3)7-8-6-9(12(13,14)15)4-5-10(8)16/h4-6H,7,16H2,1-3H3. The number of benzene rings is 1. The van der Waals surface area contributed by atoms with Gasteiger partial charge in [-0.25, -0.2) is 0 Å². The van der Waals surface area contributed by atoms with Gasteiger partial charge in [0.15, 0.2) is 0 Å². The predicted molar refractivity (Wildman–Crippen MR) is 59.0 cm³/mol. The van der Waals surface area contributed by atoms with Gasteiger partial charge in [-0.3, -0.25) is 0 Å². The van der Waals surface area contributed by atoms with E-state index in [1.165, 1.54) is 6.07 Å². The maximum atomic E-state index is 12.5. The van der Waals surface area contributed by atoms with E-state index in [0.717, 1.165) is 12.1 Å². The molecule has 90 valence electrons. The molecule has 0 aliphatic rings. The Kier molecular flexibility index (Phi) is 3.22. The molecule has 0 aromatic heterocycles.